The molecule has 0 saturated heterocycles. The molecule has 1 aromatic carbocycles. The second-order valence-corrected chi connectivity index (χ2v) is 9.60. The number of aromatic nitrogens is 2. The van der Waals surface area contributed by atoms with E-state index in [1.165, 1.54) is 15.3 Å². The second kappa shape index (κ2) is 7.88. The lowest BCUT2D eigenvalue weighted by Gasteiger charge is -2.27. The minimum atomic E-state index is -0.0175. The van der Waals surface area contributed by atoms with Crippen molar-refractivity contribution in [3.63, 3.8) is 0 Å². The lowest BCUT2D eigenvalue weighted by atomic mass is 10.1. The fourth-order valence-corrected chi connectivity index (χ4v) is 5.45. The van der Waals surface area contributed by atoms with E-state index in [-0.39, 0.29) is 5.56 Å². The number of hydrogen-bond donors (Lipinski definition) is 1. The van der Waals surface area contributed by atoms with Crippen LogP contribution in [0.4, 0.5) is 0 Å². The maximum atomic E-state index is 12.7. The summed E-state index contributed by atoms with van der Waals surface area (Å²) >= 11 is 9.37. The summed E-state index contributed by atoms with van der Waals surface area (Å²) in [4.78, 5) is 26.2. The first-order valence-corrected chi connectivity index (χ1v) is 11.5. The second-order valence-electron chi connectivity index (χ2n) is 7.05. The summed E-state index contributed by atoms with van der Waals surface area (Å²) < 4.78 is 0. The first-order valence-electron chi connectivity index (χ1n) is 9.39. The van der Waals surface area contributed by atoms with Gasteiger partial charge in [0.15, 0.2) is 5.82 Å². The summed E-state index contributed by atoms with van der Waals surface area (Å²) in [6.45, 7) is 2.38. The van der Waals surface area contributed by atoms with Crippen LogP contribution < -0.4 is 5.56 Å². The topological polar surface area (TPSA) is 49.0 Å². The van der Waals surface area contributed by atoms with Gasteiger partial charge in [-0.15, -0.1) is 22.7 Å². The summed E-state index contributed by atoms with van der Waals surface area (Å²) in [7, 11) is 0. The van der Waals surface area contributed by atoms with Crippen molar-refractivity contribution in [2.24, 2.45) is 0 Å². The third kappa shape index (κ3) is 3.94. The van der Waals surface area contributed by atoms with Gasteiger partial charge >= 0.3 is 0 Å². The first-order chi connectivity index (χ1) is 14.2. The zero-order chi connectivity index (χ0) is 19.8. The Morgan fingerprint density at radius 1 is 1.10 bits per heavy atom. The highest BCUT2D eigenvalue weighted by Gasteiger charge is 2.22. The summed E-state index contributed by atoms with van der Waals surface area (Å²) in [5.74, 6) is 0.683. The molecule has 0 saturated carbocycles. The Labute approximate surface area is 181 Å². The number of H-pyrrole nitrogens is 1. The molecule has 4 aromatic rings. The van der Waals surface area contributed by atoms with Gasteiger partial charge in [0.25, 0.3) is 5.56 Å². The molecule has 1 aliphatic rings. The molecule has 4 nitrogen and oxygen atoms in total. The van der Waals surface area contributed by atoms with Gasteiger partial charge < -0.3 is 4.98 Å². The van der Waals surface area contributed by atoms with Gasteiger partial charge in [0.05, 0.1) is 16.1 Å². The minimum Gasteiger partial charge on any atom is -0.306 e. The number of fused-ring (bicyclic) bond motifs is 1. The van der Waals surface area contributed by atoms with E-state index in [0.717, 1.165) is 40.7 Å². The molecule has 5 rings (SSSR count). The highest BCUT2D eigenvalue weighted by molar-refractivity contribution is 7.15. The first kappa shape index (κ1) is 18.8. The highest BCUT2D eigenvalue weighted by Crippen LogP contribution is 2.30. The molecule has 0 atom stereocenters. The number of thiophene rings is 2. The maximum absolute atomic E-state index is 12.7. The molecule has 0 amide bonds. The number of hydrogen-bond acceptors (Lipinski definition) is 5. The number of nitrogens with one attached hydrogen (secondary N) is 1. The molecule has 0 unspecified atom stereocenters. The Kier molecular flexibility index (Phi) is 5.09. The van der Waals surface area contributed by atoms with Crippen LogP contribution in [-0.4, -0.2) is 21.4 Å². The van der Waals surface area contributed by atoms with Gasteiger partial charge in [-0.1, -0.05) is 29.8 Å². The standard InChI is InChI=1S/C22H18ClN3OS2/c23-15-5-3-14(4-6-15)19-8-7-16(29-19)12-26-10-9-18-17(13-26)22(27)25-21(24-18)20-2-1-11-28-20/h1-8,11H,9-10,12-13H2,(H,24,25,27). The predicted molar refractivity (Wildman–Crippen MR) is 121 cm³/mol. The Bertz CT molecular complexity index is 1200. The third-order valence-corrected chi connectivity index (χ3v) is 7.32. The van der Waals surface area contributed by atoms with E-state index in [0.29, 0.717) is 12.4 Å². The van der Waals surface area contributed by atoms with E-state index in [1.54, 1.807) is 22.7 Å². The lowest BCUT2D eigenvalue weighted by molar-refractivity contribution is 0.244. The van der Waals surface area contributed by atoms with Gasteiger partial charge in [0.1, 0.15) is 0 Å². The Morgan fingerprint density at radius 2 is 1.97 bits per heavy atom. The van der Waals surface area contributed by atoms with Crippen LogP contribution in [-0.2, 0) is 19.5 Å². The van der Waals surface area contributed by atoms with Gasteiger partial charge in [-0.25, -0.2) is 4.98 Å². The van der Waals surface area contributed by atoms with E-state index in [4.69, 9.17) is 16.6 Å². The minimum absolute atomic E-state index is 0.0175. The van der Waals surface area contributed by atoms with E-state index >= 15 is 0 Å². The lowest BCUT2D eigenvalue weighted by Crippen LogP contribution is -2.35. The summed E-state index contributed by atoms with van der Waals surface area (Å²) in [5.41, 5.74) is 2.89. The zero-order valence-corrected chi connectivity index (χ0v) is 17.9. The summed E-state index contributed by atoms with van der Waals surface area (Å²) in [6, 6.07) is 16.2. The average Bonchev–Trinajstić information content (AvgIpc) is 3.41. The van der Waals surface area contributed by atoms with Crippen molar-refractivity contribution in [3.8, 4) is 21.1 Å². The third-order valence-electron chi connectivity index (χ3n) is 5.07. The number of aromatic amines is 1. The fraction of sp³-hybridized carbons (Fsp3) is 0.182. The number of benzene rings is 1. The van der Waals surface area contributed by atoms with Gasteiger partial charge in [0.2, 0.25) is 0 Å². The van der Waals surface area contributed by atoms with Crippen molar-refractivity contribution in [1.82, 2.24) is 14.9 Å². The van der Waals surface area contributed by atoms with Crippen LogP contribution in [0.25, 0.3) is 21.1 Å². The average molecular weight is 440 g/mol. The van der Waals surface area contributed by atoms with Crippen LogP contribution in [0.15, 0.2) is 58.7 Å². The molecular weight excluding hydrogens is 422 g/mol. The molecule has 0 fully saturated rings. The van der Waals surface area contributed by atoms with Gasteiger partial charge in [-0.3, -0.25) is 9.69 Å². The highest BCUT2D eigenvalue weighted by atomic mass is 35.5. The number of nitrogens with zero attached hydrogens (tertiary/aromatic N) is 2. The van der Waals surface area contributed by atoms with Crippen molar-refractivity contribution in [1.29, 1.82) is 0 Å². The van der Waals surface area contributed by atoms with Crippen LogP contribution in [0.1, 0.15) is 16.1 Å². The number of halogens is 1. The van der Waals surface area contributed by atoms with Crippen LogP contribution in [0.3, 0.4) is 0 Å². The van der Waals surface area contributed by atoms with Crippen molar-refractivity contribution < 1.29 is 0 Å². The molecule has 1 aliphatic heterocycles. The van der Waals surface area contributed by atoms with Crippen LogP contribution in [0, 0.1) is 0 Å². The van der Waals surface area contributed by atoms with Crippen molar-refractivity contribution >= 4 is 34.3 Å². The molecule has 3 aromatic heterocycles. The smallest absolute Gasteiger partial charge is 0.255 e. The maximum Gasteiger partial charge on any atom is 0.255 e. The molecule has 7 heteroatoms. The Hall–Kier alpha value is -2.25. The van der Waals surface area contributed by atoms with Gasteiger partial charge in [-0.05, 0) is 41.3 Å². The van der Waals surface area contributed by atoms with E-state index in [2.05, 4.69) is 22.0 Å². The quantitative estimate of drug-likeness (QED) is 0.460. The fourth-order valence-electron chi connectivity index (χ4n) is 3.60. The normalized spacial score (nSPS) is 14.1. The zero-order valence-electron chi connectivity index (χ0n) is 15.5. The van der Waals surface area contributed by atoms with Gasteiger partial charge in [-0.2, -0.15) is 0 Å². The van der Waals surface area contributed by atoms with Crippen LogP contribution in [0.5, 0.6) is 0 Å². The molecule has 0 radical (unpaired) electrons. The van der Waals surface area contributed by atoms with Crippen LogP contribution in [0.2, 0.25) is 5.02 Å². The molecule has 4 heterocycles. The summed E-state index contributed by atoms with van der Waals surface area (Å²) in [5, 5.41) is 2.74. The SMILES string of the molecule is O=c1[nH]c(-c2cccs2)nc2c1CN(Cc1ccc(-c3ccc(Cl)cc3)s1)CC2. The monoisotopic (exact) mass is 439 g/mol. The van der Waals surface area contributed by atoms with Crippen molar-refractivity contribution in [2.45, 2.75) is 19.5 Å². The predicted octanol–water partition coefficient (Wildman–Crippen LogP) is 5.44. The molecule has 146 valence electrons. The van der Waals surface area contributed by atoms with Gasteiger partial charge in [0, 0.05) is 40.8 Å². The van der Waals surface area contributed by atoms with Crippen molar-refractivity contribution in [3.05, 3.63) is 85.4 Å². The molecular formula is C22H18ClN3OS2. The molecule has 0 spiro atoms. The van der Waals surface area contributed by atoms with E-state index in [1.807, 2.05) is 41.8 Å². The van der Waals surface area contributed by atoms with E-state index < -0.39 is 0 Å². The number of rotatable bonds is 4. The van der Waals surface area contributed by atoms with E-state index in [9.17, 15) is 4.79 Å². The van der Waals surface area contributed by atoms with Crippen LogP contribution >= 0.6 is 34.3 Å². The van der Waals surface area contributed by atoms with Crippen molar-refractivity contribution in [2.75, 3.05) is 6.54 Å². The Balaban J connectivity index is 1.33. The molecule has 0 bridgehead atoms. The Morgan fingerprint density at radius 3 is 2.76 bits per heavy atom. The largest absolute Gasteiger partial charge is 0.306 e. The summed E-state index contributed by atoms with van der Waals surface area (Å²) in [6.07, 6.45) is 0.799. The molecule has 1 N–H and O–H groups in total. The molecule has 29 heavy (non-hydrogen) atoms. The molecule has 0 aliphatic carbocycles.